The summed E-state index contributed by atoms with van der Waals surface area (Å²) >= 11 is 14.9. The van der Waals surface area contributed by atoms with Crippen LogP contribution in [0.25, 0.3) is 0 Å². The van der Waals surface area contributed by atoms with Crippen molar-refractivity contribution in [3.05, 3.63) is 46.5 Å². The second kappa shape index (κ2) is 9.36. The average molecular weight is 509 g/mol. The van der Waals surface area contributed by atoms with Crippen LogP contribution in [0.2, 0.25) is 10.0 Å². The zero-order chi connectivity index (χ0) is 21.0. The largest absolute Gasteiger partial charge is 0.296 e. The van der Waals surface area contributed by atoms with Crippen molar-refractivity contribution >= 4 is 83.8 Å². The Labute approximate surface area is 187 Å². The van der Waals surface area contributed by atoms with Crippen LogP contribution in [0.4, 0.5) is 10.3 Å². The molecule has 29 heavy (non-hydrogen) atoms. The number of halogens is 2. The number of hydrogen-bond donors (Lipinski definition) is 2. The second-order valence-corrected chi connectivity index (χ2v) is 11.0. The Morgan fingerprint density at radius 2 is 1.93 bits per heavy atom. The van der Waals surface area contributed by atoms with Gasteiger partial charge in [0.1, 0.15) is 0 Å². The lowest BCUT2D eigenvalue weighted by molar-refractivity contribution is 0.102. The number of amides is 1. The second-order valence-electron chi connectivity index (χ2n) is 5.03. The summed E-state index contributed by atoms with van der Waals surface area (Å²) < 4.78 is 27.4. The van der Waals surface area contributed by atoms with Gasteiger partial charge in [-0.05, 0) is 18.2 Å². The van der Waals surface area contributed by atoms with Crippen molar-refractivity contribution in [3.63, 3.8) is 0 Å². The van der Waals surface area contributed by atoms with Gasteiger partial charge in [0.25, 0.3) is 20.3 Å². The third-order valence-corrected chi connectivity index (χ3v) is 8.18. The molecule has 1 amide bonds. The van der Waals surface area contributed by atoms with E-state index in [1.54, 1.807) is 6.08 Å². The molecule has 15 heteroatoms. The molecule has 2 heterocycles. The smallest absolute Gasteiger partial charge is 0.293 e. The Balaban J connectivity index is 1.70. The summed E-state index contributed by atoms with van der Waals surface area (Å²) in [5.41, 5.74) is 0.159. The van der Waals surface area contributed by atoms with Crippen molar-refractivity contribution in [2.75, 3.05) is 15.8 Å². The number of nitrogens with zero attached hydrogens (tertiary/aromatic N) is 4. The fraction of sp³-hybridized carbons (Fsp3) is 0.0714. The molecule has 0 fully saturated rings. The van der Waals surface area contributed by atoms with Gasteiger partial charge in [0.15, 0.2) is 4.34 Å². The molecule has 0 unspecified atom stereocenters. The van der Waals surface area contributed by atoms with Gasteiger partial charge in [0, 0.05) is 10.8 Å². The van der Waals surface area contributed by atoms with E-state index in [0.717, 1.165) is 11.3 Å². The van der Waals surface area contributed by atoms with Crippen molar-refractivity contribution in [1.29, 1.82) is 0 Å². The number of sulfonamides is 1. The Hall–Kier alpha value is -1.77. The summed E-state index contributed by atoms with van der Waals surface area (Å²) in [5, 5.41) is 18.0. The Morgan fingerprint density at radius 1 is 1.17 bits per heavy atom. The molecule has 152 valence electrons. The molecule has 0 aliphatic heterocycles. The van der Waals surface area contributed by atoms with E-state index in [0.29, 0.717) is 26.5 Å². The molecule has 0 bridgehead atoms. The molecule has 0 atom stereocenters. The number of thioether (sulfide) groups is 1. The molecular weight excluding hydrogens is 499 g/mol. The Kier molecular flexibility index (Phi) is 7.08. The van der Waals surface area contributed by atoms with Gasteiger partial charge >= 0.3 is 0 Å². The first kappa shape index (κ1) is 21.9. The first-order valence-electron chi connectivity index (χ1n) is 7.48. The molecule has 2 aromatic heterocycles. The number of carbonyl (C=O) groups is 1. The number of carbonyl (C=O) groups excluding carboxylic acids is 1. The molecular formula is C14H10Cl2N6O3S4. The molecule has 0 aliphatic carbocycles. The molecule has 9 nitrogen and oxygen atoms in total. The lowest BCUT2D eigenvalue weighted by Crippen LogP contribution is -2.12. The lowest BCUT2D eigenvalue weighted by Gasteiger charge is -2.03. The van der Waals surface area contributed by atoms with Crippen molar-refractivity contribution in [3.8, 4) is 0 Å². The first-order chi connectivity index (χ1) is 13.8. The maximum absolute atomic E-state index is 12.4. The summed E-state index contributed by atoms with van der Waals surface area (Å²) in [7, 11) is -4.04. The number of nitrogens with one attached hydrogen (secondary N) is 2. The molecule has 0 radical (unpaired) electrons. The van der Waals surface area contributed by atoms with Gasteiger partial charge < -0.3 is 0 Å². The maximum atomic E-state index is 12.4. The predicted octanol–water partition coefficient (Wildman–Crippen LogP) is 4.03. The zero-order valence-electron chi connectivity index (χ0n) is 14.1. The van der Waals surface area contributed by atoms with Crippen molar-refractivity contribution in [2.45, 2.75) is 8.68 Å². The van der Waals surface area contributed by atoms with Gasteiger partial charge in [-0.3, -0.25) is 14.8 Å². The lowest BCUT2D eigenvalue weighted by atomic mass is 10.2. The van der Waals surface area contributed by atoms with E-state index in [1.807, 2.05) is 0 Å². The van der Waals surface area contributed by atoms with Crippen LogP contribution in [0.15, 0.2) is 39.5 Å². The monoisotopic (exact) mass is 508 g/mol. The molecule has 0 aliphatic rings. The zero-order valence-corrected chi connectivity index (χ0v) is 18.9. The molecule has 1 aromatic carbocycles. The van der Waals surface area contributed by atoms with Gasteiger partial charge in [-0.2, -0.15) is 8.42 Å². The standard InChI is InChI=1S/C14H10Cl2N6O3S4/c1-2-5-26-13-20-19-12(27-13)22-29(24,25)14-21-18-11(28-14)17-10(23)8-4-3-7(15)6-9(8)16/h2-4,6H,1,5H2,(H,19,22)(H,17,18,23). The number of rotatable bonds is 8. The minimum absolute atomic E-state index is 0.0131. The van der Waals surface area contributed by atoms with E-state index in [1.165, 1.54) is 30.0 Å². The SMILES string of the molecule is C=CCSc1nnc(NS(=O)(=O)c2nnc(NC(=O)c3ccc(Cl)cc3Cl)s2)s1. The quantitative estimate of drug-likeness (QED) is 0.265. The van der Waals surface area contributed by atoms with Crippen LogP contribution >= 0.6 is 57.6 Å². The highest BCUT2D eigenvalue weighted by atomic mass is 35.5. The normalized spacial score (nSPS) is 11.2. The van der Waals surface area contributed by atoms with Gasteiger partial charge in [-0.15, -0.1) is 27.0 Å². The van der Waals surface area contributed by atoms with Crippen LogP contribution in [0.3, 0.4) is 0 Å². The molecule has 3 aromatic rings. The van der Waals surface area contributed by atoms with Crippen LogP contribution in [0.1, 0.15) is 10.4 Å². The fourth-order valence-electron chi connectivity index (χ4n) is 1.81. The van der Waals surface area contributed by atoms with Crippen molar-refractivity contribution in [2.24, 2.45) is 0 Å². The molecule has 2 N–H and O–H groups in total. The van der Waals surface area contributed by atoms with E-state index in [4.69, 9.17) is 23.2 Å². The average Bonchev–Trinajstić information content (AvgIpc) is 3.29. The van der Waals surface area contributed by atoms with Crippen molar-refractivity contribution in [1.82, 2.24) is 20.4 Å². The number of anilines is 2. The summed E-state index contributed by atoms with van der Waals surface area (Å²) in [4.78, 5) is 12.3. The summed E-state index contributed by atoms with van der Waals surface area (Å²) in [6.45, 7) is 3.60. The van der Waals surface area contributed by atoms with E-state index >= 15 is 0 Å². The van der Waals surface area contributed by atoms with Gasteiger partial charge in [-0.25, -0.2) is 0 Å². The third kappa shape index (κ3) is 5.65. The van der Waals surface area contributed by atoms with Gasteiger partial charge in [0.2, 0.25) is 10.3 Å². The Bertz CT molecular complexity index is 1160. The topological polar surface area (TPSA) is 127 Å². The van der Waals surface area contributed by atoms with Gasteiger partial charge in [-0.1, -0.05) is 63.7 Å². The molecule has 3 rings (SSSR count). The highest BCUT2D eigenvalue weighted by Crippen LogP contribution is 2.29. The molecule has 0 spiro atoms. The number of hydrogen-bond acceptors (Lipinski definition) is 10. The fourth-order valence-corrected chi connectivity index (χ4v) is 5.94. The summed E-state index contributed by atoms with van der Waals surface area (Å²) in [6.07, 6.45) is 1.70. The third-order valence-electron chi connectivity index (χ3n) is 2.99. The van der Waals surface area contributed by atoms with Crippen LogP contribution < -0.4 is 10.0 Å². The van der Waals surface area contributed by atoms with E-state index in [9.17, 15) is 13.2 Å². The van der Waals surface area contributed by atoms with Crippen molar-refractivity contribution < 1.29 is 13.2 Å². The highest BCUT2D eigenvalue weighted by Gasteiger charge is 2.23. The minimum Gasteiger partial charge on any atom is -0.296 e. The predicted molar refractivity (Wildman–Crippen MR) is 116 cm³/mol. The highest BCUT2D eigenvalue weighted by molar-refractivity contribution is 8.01. The van der Waals surface area contributed by atoms with Crippen LogP contribution in [-0.4, -0.2) is 40.5 Å². The number of aromatic nitrogens is 4. The summed E-state index contributed by atoms with van der Waals surface area (Å²) in [5.74, 6) is 0.0473. The van der Waals surface area contributed by atoms with E-state index in [-0.39, 0.29) is 25.2 Å². The minimum atomic E-state index is -4.04. The first-order valence-corrected chi connectivity index (χ1v) is 12.3. The summed E-state index contributed by atoms with van der Waals surface area (Å²) in [6, 6.07) is 4.37. The van der Waals surface area contributed by atoms with Crippen LogP contribution in [0, 0.1) is 0 Å². The van der Waals surface area contributed by atoms with E-state index in [2.05, 4.69) is 37.0 Å². The maximum Gasteiger partial charge on any atom is 0.293 e. The molecule has 0 saturated heterocycles. The Morgan fingerprint density at radius 3 is 2.66 bits per heavy atom. The van der Waals surface area contributed by atoms with E-state index < -0.39 is 15.9 Å². The molecule has 0 saturated carbocycles. The van der Waals surface area contributed by atoms with Crippen LogP contribution in [-0.2, 0) is 10.0 Å². The number of benzene rings is 1. The van der Waals surface area contributed by atoms with Crippen LogP contribution in [0.5, 0.6) is 0 Å². The van der Waals surface area contributed by atoms with Gasteiger partial charge in [0.05, 0.1) is 10.6 Å².